The first-order valence-electron chi connectivity index (χ1n) is 8.14. The van der Waals surface area contributed by atoms with Crippen molar-refractivity contribution in [3.8, 4) is 0 Å². The number of nitrogens with zero attached hydrogens (tertiary/aromatic N) is 1. The Bertz CT molecular complexity index is 305. The summed E-state index contributed by atoms with van der Waals surface area (Å²) in [4.78, 5) is 14.9. The fourth-order valence-corrected chi connectivity index (χ4v) is 2.68. The van der Waals surface area contributed by atoms with Gasteiger partial charge in [-0.05, 0) is 59.0 Å². The summed E-state index contributed by atoms with van der Waals surface area (Å²) in [5.41, 5.74) is -0.510. The van der Waals surface area contributed by atoms with Gasteiger partial charge in [0.15, 0.2) is 0 Å². The van der Waals surface area contributed by atoms with Gasteiger partial charge in [-0.25, -0.2) is 4.79 Å². The Balaban J connectivity index is 2.87. The Morgan fingerprint density at radius 1 is 1.40 bits per heavy atom. The van der Waals surface area contributed by atoms with Crippen LogP contribution >= 0.6 is 0 Å². The third-order valence-corrected chi connectivity index (χ3v) is 4.45. The van der Waals surface area contributed by atoms with Crippen LogP contribution in [0.3, 0.4) is 0 Å². The van der Waals surface area contributed by atoms with Gasteiger partial charge in [0.05, 0.1) is 6.61 Å². The van der Waals surface area contributed by atoms with E-state index < -0.39 is 5.54 Å². The molecule has 118 valence electrons. The lowest BCUT2D eigenvalue weighted by atomic mass is 9.91. The van der Waals surface area contributed by atoms with E-state index in [4.69, 9.17) is 4.74 Å². The van der Waals surface area contributed by atoms with E-state index in [0.717, 1.165) is 38.8 Å². The first-order chi connectivity index (χ1) is 9.51. The molecular weight excluding hydrogens is 252 g/mol. The van der Waals surface area contributed by atoms with Gasteiger partial charge in [-0.15, -0.1) is 0 Å². The molecule has 0 aliphatic heterocycles. The SMILES string of the molecule is CCCNC(CN(C)C(C)CC)(C(=O)OCC)C1CC1. The minimum atomic E-state index is -0.510. The monoisotopic (exact) mass is 284 g/mol. The number of carbonyl (C=O) groups excluding carboxylic acids is 1. The van der Waals surface area contributed by atoms with Gasteiger partial charge >= 0.3 is 5.97 Å². The average Bonchev–Trinajstić information content (AvgIpc) is 3.27. The lowest BCUT2D eigenvalue weighted by Crippen LogP contribution is -2.62. The van der Waals surface area contributed by atoms with Crippen LogP contribution in [-0.2, 0) is 9.53 Å². The summed E-state index contributed by atoms with van der Waals surface area (Å²) in [7, 11) is 2.11. The lowest BCUT2D eigenvalue weighted by Gasteiger charge is -2.38. The summed E-state index contributed by atoms with van der Waals surface area (Å²) in [5, 5.41) is 3.52. The van der Waals surface area contributed by atoms with Crippen molar-refractivity contribution in [3.05, 3.63) is 0 Å². The van der Waals surface area contributed by atoms with Crippen LogP contribution in [0, 0.1) is 5.92 Å². The van der Waals surface area contributed by atoms with E-state index in [1.165, 1.54) is 0 Å². The minimum absolute atomic E-state index is 0.0638. The number of likely N-dealkylation sites (N-methyl/N-ethyl adjacent to an activating group) is 1. The highest BCUT2D eigenvalue weighted by atomic mass is 16.5. The molecule has 4 heteroatoms. The molecule has 0 aromatic carbocycles. The number of ether oxygens (including phenoxy) is 1. The molecule has 0 saturated heterocycles. The predicted octanol–water partition coefficient (Wildman–Crippen LogP) is 2.43. The normalized spacial score (nSPS) is 19.7. The van der Waals surface area contributed by atoms with Crippen molar-refractivity contribution in [1.82, 2.24) is 10.2 Å². The first kappa shape index (κ1) is 17.4. The van der Waals surface area contributed by atoms with Gasteiger partial charge in [0, 0.05) is 12.6 Å². The molecule has 20 heavy (non-hydrogen) atoms. The van der Waals surface area contributed by atoms with Crippen LogP contribution < -0.4 is 5.32 Å². The number of rotatable bonds is 10. The molecule has 1 rings (SSSR count). The maximum atomic E-state index is 12.6. The average molecular weight is 284 g/mol. The van der Waals surface area contributed by atoms with E-state index in [9.17, 15) is 4.79 Å². The molecule has 0 spiro atoms. The Morgan fingerprint density at radius 2 is 2.05 bits per heavy atom. The second-order valence-corrected chi connectivity index (χ2v) is 6.07. The molecule has 0 bridgehead atoms. The Morgan fingerprint density at radius 3 is 2.50 bits per heavy atom. The molecule has 1 saturated carbocycles. The minimum Gasteiger partial charge on any atom is -0.465 e. The molecule has 2 atom stereocenters. The molecule has 4 nitrogen and oxygen atoms in total. The van der Waals surface area contributed by atoms with Gasteiger partial charge in [-0.1, -0.05) is 13.8 Å². The fourth-order valence-electron chi connectivity index (χ4n) is 2.68. The van der Waals surface area contributed by atoms with Crippen molar-refractivity contribution in [2.45, 2.75) is 65.0 Å². The van der Waals surface area contributed by atoms with Crippen molar-refractivity contribution >= 4 is 5.97 Å². The highest BCUT2D eigenvalue weighted by Crippen LogP contribution is 2.41. The van der Waals surface area contributed by atoms with Crippen LogP contribution in [0.25, 0.3) is 0 Å². The van der Waals surface area contributed by atoms with Gasteiger partial charge in [-0.3, -0.25) is 0 Å². The van der Waals surface area contributed by atoms with Gasteiger partial charge in [0.1, 0.15) is 5.54 Å². The zero-order chi connectivity index (χ0) is 15.2. The number of esters is 1. The first-order valence-corrected chi connectivity index (χ1v) is 8.14. The standard InChI is InChI=1S/C16H32N2O2/c1-6-11-17-16(14-9-10-14,15(19)20-8-3)12-18(5)13(4)7-2/h13-14,17H,6-12H2,1-5H3. The van der Waals surface area contributed by atoms with Crippen LogP contribution in [0.4, 0.5) is 0 Å². The van der Waals surface area contributed by atoms with Crippen molar-refractivity contribution in [2.24, 2.45) is 5.92 Å². The van der Waals surface area contributed by atoms with Crippen LogP contribution in [0.2, 0.25) is 0 Å². The molecule has 1 N–H and O–H groups in total. The van der Waals surface area contributed by atoms with Gasteiger partial charge in [-0.2, -0.15) is 0 Å². The summed E-state index contributed by atoms with van der Waals surface area (Å²) in [5.74, 6) is 0.366. The quantitative estimate of drug-likeness (QED) is 0.626. The Labute approximate surface area is 124 Å². The van der Waals surface area contributed by atoms with Crippen molar-refractivity contribution < 1.29 is 9.53 Å². The van der Waals surface area contributed by atoms with E-state index >= 15 is 0 Å². The van der Waals surface area contributed by atoms with E-state index in [2.05, 4.69) is 38.0 Å². The van der Waals surface area contributed by atoms with Gasteiger partial charge in [0.2, 0.25) is 0 Å². The maximum absolute atomic E-state index is 12.6. The third-order valence-electron chi connectivity index (χ3n) is 4.45. The number of nitrogens with one attached hydrogen (secondary N) is 1. The van der Waals surface area contributed by atoms with Crippen LogP contribution in [0.1, 0.15) is 53.4 Å². The van der Waals surface area contributed by atoms with Gasteiger partial charge < -0.3 is 15.0 Å². The highest BCUT2D eigenvalue weighted by molar-refractivity contribution is 5.82. The second kappa shape index (κ2) is 7.99. The summed E-state index contributed by atoms with van der Waals surface area (Å²) in [6, 6.07) is 0.478. The molecule has 0 aromatic rings. The molecule has 2 unspecified atom stereocenters. The number of carbonyl (C=O) groups is 1. The van der Waals surface area contributed by atoms with Crippen LogP contribution in [0.5, 0.6) is 0 Å². The summed E-state index contributed by atoms with van der Waals surface area (Å²) in [6.07, 6.45) is 4.38. The summed E-state index contributed by atoms with van der Waals surface area (Å²) in [6.45, 7) is 10.5. The van der Waals surface area contributed by atoms with Gasteiger partial charge in [0.25, 0.3) is 0 Å². The van der Waals surface area contributed by atoms with Crippen molar-refractivity contribution in [2.75, 3.05) is 26.7 Å². The van der Waals surface area contributed by atoms with Crippen molar-refractivity contribution in [3.63, 3.8) is 0 Å². The lowest BCUT2D eigenvalue weighted by molar-refractivity contribution is -0.153. The van der Waals surface area contributed by atoms with Crippen LogP contribution in [-0.4, -0.2) is 49.2 Å². The largest absolute Gasteiger partial charge is 0.465 e. The Kier molecular flexibility index (Phi) is 6.96. The molecule has 0 aromatic heterocycles. The predicted molar refractivity (Wildman–Crippen MR) is 82.8 cm³/mol. The molecule has 0 amide bonds. The van der Waals surface area contributed by atoms with E-state index in [-0.39, 0.29) is 5.97 Å². The molecule has 0 radical (unpaired) electrons. The van der Waals surface area contributed by atoms with Crippen LogP contribution in [0.15, 0.2) is 0 Å². The van der Waals surface area contributed by atoms with E-state index in [0.29, 0.717) is 18.6 Å². The smallest absolute Gasteiger partial charge is 0.327 e. The Hall–Kier alpha value is -0.610. The maximum Gasteiger partial charge on any atom is 0.327 e. The molecule has 1 aliphatic carbocycles. The van der Waals surface area contributed by atoms with Crippen molar-refractivity contribution in [1.29, 1.82) is 0 Å². The van der Waals surface area contributed by atoms with E-state index in [1.807, 2.05) is 6.92 Å². The summed E-state index contributed by atoms with van der Waals surface area (Å²) >= 11 is 0. The number of hydrogen-bond acceptors (Lipinski definition) is 4. The molecule has 0 heterocycles. The topological polar surface area (TPSA) is 41.6 Å². The van der Waals surface area contributed by atoms with E-state index in [1.54, 1.807) is 0 Å². The number of hydrogen-bond donors (Lipinski definition) is 1. The summed E-state index contributed by atoms with van der Waals surface area (Å²) < 4.78 is 5.39. The fraction of sp³-hybridized carbons (Fsp3) is 0.938. The molecule has 1 aliphatic rings. The highest BCUT2D eigenvalue weighted by Gasteiger charge is 2.52. The molecule has 1 fully saturated rings. The third kappa shape index (κ3) is 4.19. The second-order valence-electron chi connectivity index (χ2n) is 6.07. The zero-order valence-corrected chi connectivity index (χ0v) is 13.9. The molecular formula is C16H32N2O2. The zero-order valence-electron chi connectivity index (χ0n) is 13.9.